The van der Waals surface area contributed by atoms with Crippen molar-refractivity contribution >= 4 is 34.4 Å². The van der Waals surface area contributed by atoms with Crippen molar-refractivity contribution in [2.45, 2.75) is 32.9 Å². The van der Waals surface area contributed by atoms with Gasteiger partial charge in [0.05, 0.1) is 11.6 Å². The monoisotopic (exact) mass is 373 g/mol. The highest BCUT2D eigenvalue weighted by Crippen LogP contribution is 2.23. The molecule has 0 radical (unpaired) electrons. The molecule has 0 aliphatic rings. The van der Waals surface area contributed by atoms with Crippen molar-refractivity contribution in [3.63, 3.8) is 0 Å². The number of benzene rings is 1. The van der Waals surface area contributed by atoms with Gasteiger partial charge in [0.25, 0.3) is 0 Å². The number of halogens is 1. The van der Waals surface area contributed by atoms with Crippen molar-refractivity contribution in [2.24, 2.45) is 12.8 Å². The molecular weight excluding hydrogens is 350 g/mol. The molecule has 3 rings (SSSR count). The first kappa shape index (κ1) is 18.4. The van der Waals surface area contributed by atoms with E-state index in [4.69, 9.17) is 17.3 Å². The highest BCUT2D eigenvalue weighted by Gasteiger charge is 2.12. The molecule has 26 heavy (non-hydrogen) atoms. The van der Waals surface area contributed by atoms with Gasteiger partial charge in [-0.25, -0.2) is 0 Å². The maximum atomic E-state index is 6.22. The van der Waals surface area contributed by atoms with Crippen molar-refractivity contribution in [2.75, 3.05) is 17.2 Å². The predicted octanol–water partition coefficient (Wildman–Crippen LogP) is 3.09. The maximum Gasteiger partial charge on any atom is 0.226 e. The lowest BCUT2D eigenvalue weighted by Crippen LogP contribution is -2.28. The molecule has 7 nitrogen and oxygen atoms in total. The SMILES string of the molecule is CC[C@H](N)CNc1nc(NCc2ccc(C)c(Cl)c2)c2cnn(C)c2n1. The molecule has 1 aromatic carbocycles. The van der Waals surface area contributed by atoms with E-state index in [1.165, 1.54) is 0 Å². The van der Waals surface area contributed by atoms with Gasteiger partial charge in [0, 0.05) is 31.2 Å². The number of hydrogen-bond acceptors (Lipinski definition) is 6. The Bertz CT molecular complexity index is 906. The van der Waals surface area contributed by atoms with E-state index < -0.39 is 0 Å². The van der Waals surface area contributed by atoms with Crippen molar-refractivity contribution in [1.29, 1.82) is 0 Å². The Hall–Kier alpha value is -2.38. The Morgan fingerprint density at radius 3 is 2.81 bits per heavy atom. The van der Waals surface area contributed by atoms with E-state index in [1.54, 1.807) is 10.9 Å². The quantitative estimate of drug-likeness (QED) is 0.589. The van der Waals surface area contributed by atoms with E-state index in [0.717, 1.165) is 39.4 Å². The van der Waals surface area contributed by atoms with E-state index in [1.807, 2.05) is 26.1 Å². The third-order valence-corrected chi connectivity index (χ3v) is 4.74. The van der Waals surface area contributed by atoms with Gasteiger partial charge >= 0.3 is 0 Å². The van der Waals surface area contributed by atoms with Crippen LogP contribution in [0.5, 0.6) is 0 Å². The zero-order valence-corrected chi connectivity index (χ0v) is 16.0. The summed E-state index contributed by atoms with van der Waals surface area (Å²) < 4.78 is 1.73. The van der Waals surface area contributed by atoms with E-state index >= 15 is 0 Å². The normalized spacial score (nSPS) is 12.3. The molecule has 4 N–H and O–H groups in total. The summed E-state index contributed by atoms with van der Waals surface area (Å²) in [5.74, 6) is 1.27. The molecule has 8 heteroatoms. The van der Waals surface area contributed by atoms with Gasteiger partial charge in [0.2, 0.25) is 5.95 Å². The summed E-state index contributed by atoms with van der Waals surface area (Å²) in [6, 6.07) is 6.09. The standard InChI is InChI=1S/C18H24ClN7/c1-4-13(20)9-22-18-24-16(14-10-23-26(3)17(14)25-18)21-8-12-6-5-11(2)15(19)7-12/h5-7,10,13H,4,8-9,20H2,1-3H3,(H2,21,22,24,25)/t13-/m0/s1. The first-order valence-electron chi connectivity index (χ1n) is 8.66. The number of nitrogens with one attached hydrogen (secondary N) is 2. The van der Waals surface area contributed by atoms with E-state index in [0.29, 0.717) is 19.0 Å². The van der Waals surface area contributed by atoms with Gasteiger partial charge < -0.3 is 16.4 Å². The summed E-state index contributed by atoms with van der Waals surface area (Å²) >= 11 is 6.22. The van der Waals surface area contributed by atoms with E-state index in [2.05, 4.69) is 38.7 Å². The molecule has 0 unspecified atom stereocenters. The van der Waals surface area contributed by atoms with E-state index in [-0.39, 0.29) is 6.04 Å². The molecule has 3 aromatic rings. The summed E-state index contributed by atoms with van der Waals surface area (Å²) in [6.45, 7) is 5.26. The minimum Gasteiger partial charge on any atom is -0.365 e. The van der Waals surface area contributed by atoms with Crippen LogP contribution in [-0.2, 0) is 13.6 Å². The Morgan fingerprint density at radius 2 is 2.08 bits per heavy atom. The third-order valence-electron chi connectivity index (χ3n) is 4.34. The lowest BCUT2D eigenvalue weighted by Gasteiger charge is -2.13. The molecule has 1 atom stereocenters. The van der Waals surface area contributed by atoms with Crippen LogP contribution in [0.3, 0.4) is 0 Å². The fourth-order valence-electron chi connectivity index (χ4n) is 2.53. The summed E-state index contributed by atoms with van der Waals surface area (Å²) in [5, 5.41) is 12.5. The molecule has 0 bridgehead atoms. The Morgan fingerprint density at radius 1 is 1.27 bits per heavy atom. The van der Waals surface area contributed by atoms with E-state index in [9.17, 15) is 0 Å². The zero-order chi connectivity index (χ0) is 18.7. The zero-order valence-electron chi connectivity index (χ0n) is 15.3. The first-order chi connectivity index (χ1) is 12.5. The lowest BCUT2D eigenvalue weighted by atomic mass is 10.1. The molecule has 0 amide bonds. The van der Waals surface area contributed by atoms with Crippen LogP contribution in [0.4, 0.5) is 11.8 Å². The molecule has 0 aliphatic carbocycles. The lowest BCUT2D eigenvalue weighted by molar-refractivity contribution is 0.676. The number of nitrogens with two attached hydrogens (primary N) is 1. The molecule has 138 valence electrons. The van der Waals surface area contributed by atoms with Crippen molar-refractivity contribution in [3.8, 4) is 0 Å². The smallest absolute Gasteiger partial charge is 0.226 e. The largest absolute Gasteiger partial charge is 0.365 e. The van der Waals surface area contributed by atoms with Gasteiger partial charge in [0.15, 0.2) is 5.65 Å². The maximum absolute atomic E-state index is 6.22. The Labute approximate surface area is 158 Å². The van der Waals surface area contributed by atoms with Crippen LogP contribution in [0, 0.1) is 6.92 Å². The summed E-state index contributed by atoms with van der Waals surface area (Å²) in [5.41, 5.74) is 8.88. The summed E-state index contributed by atoms with van der Waals surface area (Å²) in [6.07, 6.45) is 2.65. The van der Waals surface area contributed by atoms with Crippen LogP contribution >= 0.6 is 11.6 Å². The summed E-state index contributed by atoms with van der Waals surface area (Å²) in [7, 11) is 1.86. The Kier molecular flexibility index (Phi) is 5.58. The molecule has 0 saturated carbocycles. The molecule has 0 spiro atoms. The van der Waals surface area contributed by atoms with Gasteiger partial charge in [0.1, 0.15) is 5.82 Å². The minimum atomic E-state index is 0.0620. The average Bonchev–Trinajstić information content (AvgIpc) is 3.01. The second-order valence-electron chi connectivity index (χ2n) is 6.39. The van der Waals surface area contributed by atoms with Crippen LogP contribution in [0.25, 0.3) is 11.0 Å². The van der Waals surface area contributed by atoms with Gasteiger partial charge in [-0.1, -0.05) is 30.7 Å². The molecule has 0 fully saturated rings. The number of aryl methyl sites for hydroxylation is 2. The van der Waals surface area contributed by atoms with Gasteiger partial charge in [-0.05, 0) is 30.5 Å². The van der Waals surface area contributed by atoms with Crippen LogP contribution < -0.4 is 16.4 Å². The van der Waals surface area contributed by atoms with Crippen molar-refractivity contribution in [1.82, 2.24) is 19.7 Å². The third kappa shape index (κ3) is 4.05. The fourth-order valence-corrected chi connectivity index (χ4v) is 2.74. The topological polar surface area (TPSA) is 93.7 Å². The van der Waals surface area contributed by atoms with Gasteiger partial charge in [-0.3, -0.25) is 4.68 Å². The molecule has 0 aliphatic heterocycles. The number of anilines is 2. The van der Waals surface area contributed by atoms with Gasteiger partial charge in [-0.2, -0.15) is 15.1 Å². The second kappa shape index (κ2) is 7.88. The molecule has 2 heterocycles. The van der Waals surface area contributed by atoms with Crippen LogP contribution in [0.1, 0.15) is 24.5 Å². The number of nitrogens with zero attached hydrogens (tertiary/aromatic N) is 4. The van der Waals surface area contributed by atoms with Crippen molar-refractivity contribution in [3.05, 3.63) is 40.5 Å². The average molecular weight is 374 g/mol. The number of aromatic nitrogens is 4. The number of fused-ring (bicyclic) bond motifs is 1. The molecular formula is C18H24ClN7. The fraction of sp³-hybridized carbons (Fsp3) is 0.389. The van der Waals surface area contributed by atoms with Gasteiger partial charge in [-0.15, -0.1) is 0 Å². The van der Waals surface area contributed by atoms with Crippen LogP contribution in [-0.4, -0.2) is 32.3 Å². The molecule has 0 saturated heterocycles. The highest BCUT2D eigenvalue weighted by molar-refractivity contribution is 6.31. The molecule has 2 aromatic heterocycles. The van der Waals surface area contributed by atoms with Crippen molar-refractivity contribution < 1.29 is 0 Å². The summed E-state index contributed by atoms with van der Waals surface area (Å²) in [4.78, 5) is 9.14. The predicted molar refractivity (Wildman–Crippen MR) is 107 cm³/mol. The number of rotatable bonds is 7. The second-order valence-corrected chi connectivity index (χ2v) is 6.79. The first-order valence-corrected chi connectivity index (χ1v) is 9.03. The minimum absolute atomic E-state index is 0.0620. The highest BCUT2D eigenvalue weighted by atomic mass is 35.5. The van der Waals surface area contributed by atoms with Crippen LogP contribution in [0.2, 0.25) is 5.02 Å². The van der Waals surface area contributed by atoms with Crippen LogP contribution in [0.15, 0.2) is 24.4 Å². The Balaban J connectivity index is 1.84. The number of hydrogen-bond donors (Lipinski definition) is 3.